The number of carbonyl (C=O) groups excluding carboxylic acids is 1. The van der Waals surface area contributed by atoms with Crippen molar-refractivity contribution in [2.75, 3.05) is 14.2 Å². The number of nitrogens with zero attached hydrogens (tertiary/aromatic N) is 3. The monoisotopic (exact) mass is 419 g/mol. The molecule has 0 amide bonds. The van der Waals surface area contributed by atoms with E-state index < -0.39 is 16.0 Å². The van der Waals surface area contributed by atoms with Crippen molar-refractivity contribution in [3.8, 4) is 5.69 Å². The van der Waals surface area contributed by atoms with Gasteiger partial charge in [-0.15, -0.1) is 11.3 Å². The zero-order valence-electron chi connectivity index (χ0n) is 16.0. The third-order valence-corrected chi connectivity index (χ3v) is 7.38. The molecule has 0 atom stereocenters. The van der Waals surface area contributed by atoms with Gasteiger partial charge in [-0.1, -0.05) is 18.2 Å². The first-order valence-electron chi connectivity index (χ1n) is 8.50. The molecule has 0 bridgehead atoms. The number of carbonyl (C=O) groups is 1. The van der Waals surface area contributed by atoms with Gasteiger partial charge in [0.15, 0.2) is 0 Å². The van der Waals surface area contributed by atoms with Gasteiger partial charge in [0.2, 0.25) is 10.0 Å². The minimum Gasteiger partial charge on any atom is -0.465 e. The molecular weight excluding hydrogens is 398 g/mol. The van der Waals surface area contributed by atoms with Crippen LogP contribution in [-0.2, 0) is 21.3 Å². The van der Waals surface area contributed by atoms with Gasteiger partial charge in [-0.3, -0.25) is 0 Å². The number of para-hydroxylation sites is 1. The molecule has 1 aromatic carbocycles. The molecule has 2 heterocycles. The highest BCUT2D eigenvalue weighted by atomic mass is 32.2. The van der Waals surface area contributed by atoms with Crippen molar-refractivity contribution in [3.05, 3.63) is 63.6 Å². The predicted octanol–water partition coefficient (Wildman–Crippen LogP) is 3.16. The number of hydrogen-bond donors (Lipinski definition) is 0. The highest BCUT2D eigenvalue weighted by Crippen LogP contribution is 2.27. The summed E-state index contributed by atoms with van der Waals surface area (Å²) in [4.78, 5) is 11.9. The van der Waals surface area contributed by atoms with Crippen molar-refractivity contribution in [1.82, 2.24) is 14.1 Å². The molecule has 3 aromatic rings. The fourth-order valence-corrected chi connectivity index (χ4v) is 5.38. The first-order chi connectivity index (χ1) is 13.3. The van der Waals surface area contributed by atoms with Crippen molar-refractivity contribution < 1.29 is 17.9 Å². The van der Waals surface area contributed by atoms with Gasteiger partial charge in [-0.25, -0.2) is 17.9 Å². The van der Waals surface area contributed by atoms with Crippen molar-refractivity contribution in [1.29, 1.82) is 0 Å². The molecule has 0 aliphatic heterocycles. The number of ether oxygens (including phenoxy) is 1. The Morgan fingerprint density at radius 1 is 1.21 bits per heavy atom. The molecule has 0 saturated heterocycles. The Morgan fingerprint density at radius 3 is 2.54 bits per heavy atom. The van der Waals surface area contributed by atoms with Gasteiger partial charge < -0.3 is 4.74 Å². The van der Waals surface area contributed by atoms with Crippen LogP contribution in [0.4, 0.5) is 0 Å². The van der Waals surface area contributed by atoms with Crippen LogP contribution in [0.15, 0.2) is 46.7 Å². The lowest BCUT2D eigenvalue weighted by atomic mass is 10.2. The number of methoxy groups -OCH3 is 1. The Kier molecular flexibility index (Phi) is 5.69. The first-order valence-corrected chi connectivity index (χ1v) is 10.8. The Hall–Kier alpha value is -2.49. The maximum Gasteiger partial charge on any atom is 0.349 e. The second-order valence-electron chi connectivity index (χ2n) is 6.26. The SMILES string of the molecule is COC(=O)c1sccc1S(=O)(=O)N(C)Cc1c(C)nn(-c2ccccc2)c1C. The van der Waals surface area contributed by atoms with E-state index in [4.69, 9.17) is 4.74 Å². The standard InChI is InChI=1S/C19H21N3O4S2/c1-13-16(14(2)22(20-13)15-8-6-5-7-9-15)12-21(3)28(24,25)17-10-11-27-18(17)19(23)26-4/h5-11H,12H2,1-4H3. The summed E-state index contributed by atoms with van der Waals surface area (Å²) < 4.78 is 33.8. The maximum atomic E-state index is 13.0. The van der Waals surface area contributed by atoms with Gasteiger partial charge in [0.05, 0.1) is 18.5 Å². The molecule has 0 aliphatic rings. The van der Waals surface area contributed by atoms with Gasteiger partial charge in [0.1, 0.15) is 9.77 Å². The molecule has 0 N–H and O–H groups in total. The Morgan fingerprint density at radius 2 is 1.89 bits per heavy atom. The third kappa shape index (κ3) is 3.60. The zero-order chi connectivity index (χ0) is 20.5. The van der Waals surface area contributed by atoms with E-state index in [1.807, 2.05) is 44.2 Å². The second kappa shape index (κ2) is 7.86. The summed E-state index contributed by atoms with van der Waals surface area (Å²) in [6, 6.07) is 11.1. The molecule has 9 heteroatoms. The van der Waals surface area contributed by atoms with Gasteiger partial charge in [0.25, 0.3) is 0 Å². The fourth-order valence-electron chi connectivity index (χ4n) is 2.94. The number of aryl methyl sites for hydroxylation is 1. The first kappa shape index (κ1) is 20.2. The van der Waals surface area contributed by atoms with Crippen LogP contribution in [-0.4, -0.2) is 42.6 Å². The van der Waals surface area contributed by atoms with Gasteiger partial charge in [-0.05, 0) is 37.4 Å². The van der Waals surface area contributed by atoms with Crippen LogP contribution in [0.25, 0.3) is 5.69 Å². The van der Waals surface area contributed by atoms with Crippen LogP contribution in [0.5, 0.6) is 0 Å². The summed E-state index contributed by atoms with van der Waals surface area (Å²) in [5, 5.41) is 6.13. The van der Waals surface area contributed by atoms with E-state index in [-0.39, 0.29) is 16.3 Å². The lowest BCUT2D eigenvalue weighted by Gasteiger charge is -2.17. The number of esters is 1. The Balaban J connectivity index is 1.94. The minimum absolute atomic E-state index is 0.0439. The normalized spacial score (nSPS) is 11.8. The largest absolute Gasteiger partial charge is 0.465 e. The van der Waals surface area contributed by atoms with Crippen LogP contribution < -0.4 is 0 Å². The summed E-state index contributed by atoms with van der Waals surface area (Å²) in [5.74, 6) is -0.661. The molecule has 2 aromatic heterocycles. The quantitative estimate of drug-likeness (QED) is 0.573. The topological polar surface area (TPSA) is 81.5 Å². The van der Waals surface area contributed by atoms with Gasteiger partial charge in [0, 0.05) is 24.8 Å². The van der Waals surface area contributed by atoms with E-state index in [1.54, 1.807) is 10.1 Å². The van der Waals surface area contributed by atoms with E-state index in [2.05, 4.69) is 5.10 Å². The van der Waals surface area contributed by atoms with Crippen molar-refractivity contribution in [2.45, 2.75) is 25.3 Å². The zero-order valence-corrected chi connectivity index (χ0v) is 17.7. The number of aromatic nitrogens is 2. The average Bonchev–Trinajstić information content (AvgIpc) is 3.29. The molecule has 148 valence electrons. The van der Waals surface area contributed by atoms with Crippen LogP contribution >= 0.6 is 11.3 Å². The summed E-state index contributed by atoms with van der Waals surface area (Å²) in [5.41, 5.74) is 3.35. The van der Waals surface area contributed by atoms with E-state index in [1.165, 1.54) is 24.5 Å². The van der Waals surface area contributed by atoms with E-state index in [0.29, 0.717) is 0 Å². The van der Waals surface area contributed by atoms with Crippen molar-refractivity contribution in [2.24, 2.45) is 0 Å². The van der Waals surface area contributed by atoms with Gasteiger partial charge >= 0.3 is 5.97 Å². The molecule has 28 heavy (non-hydrogen) atoms. The average molecular weight is 420 g/mol. The summed E-state index contributed by atoms with van der Waals surface area (Å²) in [7, 11) is -1.14. The van der Waals surface area contributed by atoms with Crippen molar-refractivity contribution in [3.63, 3.8) is 0 Å². The number of thiophene rings is 1. The van der Waals surface area contributed by atoms with Crippen LogP contribution in [0.2, 0.25) is 0 Å². The molecule has 0 spiro atoms. The number of sulfonamides is 1. The Labute approximate surface area is 168 Å². The summed E-state index contributed by atoms with van der Waals surface area (Å²) in [6.07, 6.45) is 0. The van der Waals surface area contributed by atoms with E-state index in [0.717, 1.165) is 34.0 Å². The third-order valence-electron chi connectivity index (χ3n) is 4.51. The minimum atomic E-state index is -3.86. The molecule has 0 aliphatic carbocycles. The predicted molar refractivity (Wildman–Crippen MR) is 107 cm³/mol. The number of rotatable bonds is 6. The molecule has 0 saturated carbocycles. The van der Waals surface area contributed by atoms with Crippen LogP contribution in [0.3, 0.4) is 0 Å². The molecular formula is C19H21N3O4S2. The van der Waals surface area contributed by atoms with Crippen LogP contribution in [0, 0.1) is 13.8 Å². The van der Waals surface area contributed by atoms with Gasteiger partial charge in [-0.2, -0.15) is 9.40 Å². The lowest BCUT2D eigenvalue weighted by Crippen LogP contribution is -2.28. The smallest absolute Gasteiger partial charge is 0.349 e. The summed E-state index contributed by atoms with van der Waals surface area (Å²) in [6.45, 7) is 3.91. The number of hydrogen-bond acceptors (Lipinski definition) is 6. The molecule has 3 rings (SSSR count). The highest BCUT2D eigenvalue weighted by molar-refractivity contribution is 7.89. The fraction of sp³-hybridized carbons (Fsp3) is 0.263. The lowest BCUT2D eigenvalue weighted by molar-refractivity contribution is 0.0602. The highest BCUT2D eigenvalue weighted by Gasteiger charge is 2.29. The second-order valence-corrected chi connectivity index (χ2v) is 9.19. The molecule has 0 fully saturated rings. The van der Waals surface area contributed by atoms with Crippen LogP contribution in [0.1, 0.15) is 26.6 Å². The Bertz CT molecular complexity index is 1100. The summed E-state index contributed by atoms with van der Waals surface area (Å²) >= 11 is 1.04. The number of benzene rings is 1. The molecule has 0 unspecified atom stereocenters. The van der Waals surface area contributed by atoms with E-state index >= 15 is 0 Å². The molecule has 0 radical (unpaired) electrons. The van der Waals surface area contributed by atoms with Crippen molar-refractivity contribution >= 4 is 27.3 Å². The van der Waals surface area contributed by atoms with E-state index in [9.17, 15) is 13.2 Å². The maximum absolute atomic E-state index is 13.0. The molecule has 7 nitrogen and oxygen atoms in total.